The topological polar surface area (TPSA) is 64.6 Å². The third-order valence-electron chi connectivity index (χ3n) is 2.64. The van der Waals surface area contributed by atoms with E-state index in [0.29, 0.717) is 17.0 Å². The van der Waals surface area contributed by atoms with Gasteiger partial charge in [-0.15, -0.1) is 0 Å². The van der Waals surface area contributed by atoms with Crippen LogP contribution in [0.2, 0.25) is 0 Å². The summed E-state index contributed by atoms with van der Waals surface area (Å²) in [4.78, 5) is 22.8. The lowest BCUT2D eigenvalue weighted by molar-refractivity contribution is -0.118. The normalized spacial score (nSPS) is 13.4. The van der Waals surface area contributed by atoms with Gasteiger partial charge in [0.25, 0.3) is 5.91 Å². The van der Waals surface area contributed by atoms with E-state index >= 15 is 0 Å². The van der Waals surface area contributed by atoms with Gasteiger partial charge in [-0.25, -0.2) is 4.79 Å². The van der Waals surface area contributed by atoms with Crippen LogP contribution in [0.25, 0.3) is 0 Å². The minimum absolute atomic E-state index is 0.0792. The number of benzene rings is 1. The number of ether oxygens (including phenoxy) is 2. The number of carbonyl (C=O) groups excluding carboxylic acids is 2. The SMILES string of the molecule is CCc1ccc(C(=O)OC)c2c1NC(=O)CO2. The van der Waals surface area contributed by atoms with E-state index in [2.05, 4.69) is 10.1 Å². The van der Waals surface area contributed by atoms with E-state index in [-0.39, 0.29) is 12.5 Å². The molecule has 1 aromatic rings. The Balaban J connectivity index is 2.55. The summed E-state index contributed by atoms with van der Waals surface area (Å²) < 4.78 is 9.99. The molecule has 0 unspecified atom stereocenters. The van der Waals surface area contributed by atoms with Gasteiger partial charge in [-0.1, -0.05) is 13.0 Å². The van der Waals surface area contributed by atoms with E-state index in [0.717, 1.165) is 12.0 Å². The minimum atomic E-state index is -0.472. The Morgan fingerprint density at radius 1 is 1.53 bits per heavy atom. The molecule has 1 heterocycles. The third kappa shape index (κ3) is 1.95. The van der Waals surface area contributed by atoms with Gasteiger partial charge in [0.2, 0.25) is 0 Å². The molecule has 0 radical (unpaired) electrons. The molecule has 17 heavy (non-hydrogen) atoms. The number of anilines is 1. The summed E-state index contributed by atoms with van der Waals surface area (Å²) in [7, 11) is 1.31. The van der Waals surface area contributed by atoms with Crippen LogP contribution in [0.4, 0.5) is 5.69 Å². The molecule has 0 fully saturated rings. The molecular weight excluding hydrogens is 222 g/mol. The van der Waals surface area contributed by atoms with Gasteiger partial charge >= 0.3 is 5.97 Å². The molecule has 1 N–H and O–H groups in total. The van der Waals surface area contributed by atoms with Crippen molar-refractivity contribution < 1.29 is 19.1 Å². The first-order valence-corrected chi connectivity index (χ1v) is 5.34. The number of esters is 1. The molecule has 1 aliphatic heterocycles. The second-order valence-corrected chi connectivity index (χ2v) is 3.66. The highest BCUT2D eigenvalue weighted by Crippen LogP contribution is 2.35. The molecular formula is C12H13NO4. The van der Waals surface area contributed by atoms with E-state index in [1.54, 1.807) is 12.1 Å². The Morgan fingerprint density at radius 2 is 2.29 bits per heavy atom. The molecule has 1 aromatic carbocycles. The predicted octanol–water partition coefficient (Wildman–Crippen LogP) is 1.37. The molecule has 0 aliphatic carbocycles. The standard InChI is InChI=1S/C12H13NO4/c1-3-7-4-5-8(12(15)16-2)11-10(7)13-9(14)6-17-11/h4-5H,3,6H2,1-2H3,(H,13,14). The molecule has 0 saturated carbocycles. The average molecular weight is 235 g/mol. The largest absolute Gasteiger partial charge is 0.481 e. The molecule has 1 aliphatic rings. The number of carbonyl (C=O) groups is 2. The van der Waals surface area contributed by atoms with Crippen molar-refractivity contribution in [3.05, 3.63) is 23.3 Å². The maximum atomic E-state index is 11.6. The van der Waals surface area contributed by atoms with Gasteiger partial charge in [0.1, 0.15) is 5.56 Å². The van der Waals surface area contributed by atoms with Gasteiger partial charge in [-0.3, -0.25) is 4.79 Å². The lowest BCUT2D eigenvalue weighted by Crippen LogP contribution is -2.27. The average Bonchev–Trinajstić information content (AvgIpc) is 2.36. The van der Waals surface area contributed by atoms with Gasteiger partial charge in [0, 0.05) is 0 Å². The van der Waals surface area contributed by atoms with E-state index in [1.807, 2.05) is 6.92 Å². The smallest absolute Gasteiger partial charge is 0.341 e. The van der Waals surface area contributed by atoms with Gasteiger partial charge < -0.3 is 14.8 Å². The second kappa shape index (κ2) is 4.45. The summed E-state index contributed by atoms with van der Waals surface area (Å²) in [5.74, 6) is -0.287. The highest BCUT2D eigenvalue weighted by molar-refractivity contribution is 6.02. The fourth-order valence-corrected chi connectivity index (χ4v) is 1.79. The molecule has 0 saturated heterocycles. The van der Waals surface area contributed by atoms with Crippen molar-refractivity contribution in [1.82, 2.24) is 0 Å². The molecule has 5 heteroatoms. The number of aryl methyl sites for hydroxylation is 1. The summed E-state index contributed by atoms with van der Waals surface area (Å²) in [6, 6.07) is 3.45. The van der Waals surface area contributed by atoms with Crippen molar-refractivity contribution in [3.8, 4) is 5.75 Å². The Labute approximate surface area is 98.7 Å². The van der Waals surface area contributed by atoms with E-state index in [1.165, 1.54) is 7.11 Å². The van der Waals surface area contributed by atoms with Crippen molar-refractivity contribution in [1.29, 1.82) is 0 Å². The molecule has 1 amide bonds. The summed E-state index contributed by atoms with van der Waals surface area (Å²) in [6.07, 6.45) is 0.743. The van der Waals surface area contributed by atoms with Crippen LogP contribution in [-0.4, -0.2) is 25.6 Å². The zero-order chi connectivity index (χ0) is 12.4. The van der Waals surface area contributed by atoms with Crippen LogP contribution in [0, 0.1) is 0 Å². The predicted molar refractivity (Wildman–Crippen MR) is 61.3 cm³/mol. The second-order valence-electron chi connectivity index (χ2n) is 3.66. The number of methoxy groups -OCH3 is 1. The van der Waals surface area contributed by atoms with Crippen LogP contribution in [-0.2, 0) is 16.0 Å². The Morgan fingerprint density at radius 3 is 2.94 bits per heavy atom. The van der Waals surface area contributed by atoms with Crippen LogP contribution < -0.4 is 10.1 Å². The van der Waals surface area contributed by atoms with Gasteiger partial charge in [0.05, 0.1) is 12.8 Å². The van der Waals surface area contributed by atoms with Crippen LogP contribution in [0.1, 0.15) is 22.8 Å². The molecule has 0 atom stereocenters. The molecule has 5 nitrogen and oxygen atoms in total. The zero-order valence-corrected chi connectivity index (χ0v) is 9.70. The first-order chi connectivity index (χ1) is 8.17. The van der Waals surface area contributed by atoms with Gasteiger partial charge in [-0.2, -0.15) is 0 Å². The van der Waals surface area contributed by atoms with Crippen molar-refractivity contribution in [3.63, 3.8) is 0 Å². The number of fused-ring (bicyclic) bond motifs is 1. The van der Waals surface area contributed by atoms with Crippen molar-refractivity contribution in [2.24, 2.45) is 0 Å². The van der Waals surface area contributed by atoms with Crippen LogP contribution in [0.5, 0.6) is 5.75 Å². The number of nitrogens with one attached hydrogen (secondary N) is 1. The van der Waals surface area contributed by atoms with Gasteiger partial charge in [0.15, 0.2) is 12.4 Å². The third-order valence-corrected chi connectivity index (χ3v) is 2.64. The fraction of sp³-hybridized carbons (Fsp3) is 0.333. The molecule has 0 spiro atoms. The van der Waals surface area contributed by atoms with Gasteiger partial charge in [-0.05, 0) is 18.1 Å². The molecule has 0 aromatic heterocycles. The number of rotatable bonds is 2. The lowest BCUT2D eigenvalue weighted by Gasteiger charge is -2.22. The number of hydrogen-bond acceptors (Lipinski definition) is 4. The van der Waals surface area contributed by atoms with Crippen LogP contribution >= 0.6 is 0 Å². The van der Waals surface area contributed by atoms with Crippen molar-refractivity contribution in [2.45, 2.75) is 13.3 Å². The summed E-state index contributed by atoms with van der Waals surface area (Å²) in [5, 5.41) is 2.73. The maximum Gasteiger partial charge on any atom is 0.341 e. The molecule has 2 rings (SSSR count). The summed E-state index contributed by atoms with van der Waals surface area (Å²) >= 11 is 0. The Bertz CT molecular complexity index is 482. The van der Waals surface area contributed by atoms with Crippen LogP contribution in [0.15, 0.2) is 12.1 Å². The molecule has 0 bridgehead atoms. The van der Waals surface area contributed by atoms with Crippen LogP contribution in [0.3, 0.4) is 0 Å². The van der Waals surface area contributed by atoms with Crippen molar-refractivity contribution in [2.75, 3.05) is 19.0 Å². The highest BCUT2D eigenvalue weighted by atomic mass is 16.5. The van der Waals surface area contributed by atoms with Crippen molar-refractivity contribution >= 4 is 17.6 Å². The van der Waals surface area contributed by atoms with E-state index < -0.39 is 5.97 Å². The quantitative estimate of drug-likeness (QED) is 0.786. The fourth-order valence-electron chi connectivity index (χ4n) is 1.79. The zero-order valence-electron chi connectivity index (χ0n) is 9.70. The summed E-state index contributed by atoms with van der Waals surface area (Å²) in [5.41, 5.74) is 1.84. The maximum absolute atomic E-state index is 11.6. The van der Waals surface area contributed by atoms with E-state index in [9.17, 15) is 9.59 Å². The molecule has 90 valence electrons. The number of amides is 1. The number of hydrogen-bond donors (Lipinski definition) is 1. The first kappa shape index (κ1) is 11.4. The highest BCUT2D eigenvalue weighted by Gasteiger charge is 2.25. The first-order valence-electron chi connectivity index (χ1n) is 5.34. The lowest BCUT2D eigenvalue weighted by atomic mass is 10.0. The minimum Gasteiger partial charge on any atom is -0.481 e. The summed E-state index contributed by atoms with van der Waals surface area (Å²) in [6.45, 7) is 1.89. The van der Waals surface area contributed by atoms with E-state index in [4.69, 9.17) is 4.74 Å². The Hall–Kier alpha value is -2.04. The monoisotopic (exact) mass is 235 g/mol. The Kier molecular flexibility index (Phi) is 2.99.